The summed E-state index contributed by atoms with van der Waals surface area (Å²) in [7, 11) is 1.67. The van der Waals surface area contributed by atoms with Crippen molar-refractivity contribution < 1.29 is 4.42 Å². The van der Waals surface area contributed by atoms with E-state index in [2.05, 4.69) is 4.98 Å². The number of rotatable bonds is 2. The van der Waals surface area contributed by atoms with Crippen LogP contribution in [0.2, 0.25) is 0 Å². The number of benzene rings is 1. The maximum absolute atomic E-state index is 11.5. The van der Waals surface area contributed by atoms with Gasteiger partial charge < -0.3 is 15.9 Å². The van der Waals surface area contributed by atoms with Crippen molar-refractivity contribution in [3.05, 3.63) is 46.4 Å². The van der Waals surface area contributed by atoms with Crippen LogP contribution in [0.5, 0.6) is 0 Å². The molecule has 1 aromatic carbocycles. The highest BCUT2D eigenvalue weighted by molar-refractivity contribution is 5.79. The van der Waals surface area contributed by atoms with Gasteiger partial charge in [0.25, 0.3) is 0 Å². The molecule has 0 aliphatic carbocycles. The summed E-state index contributed by atoms with van der Waals surface area (Å²) >= 11 is 0. The molecule has 102 valence electrons. The molecular weight excluding hydrogens is 256 g/mol. The first-order chi connectivity index (χ1) is 9.60. The van der Waals surface area contributed by atoms with Crippen LogP contribution in [-0.2, 0) is 13.6 Å². The topological polar surface area (TPSA) is 100 Å². The first-order valence-corrected chi connectivity index (χ1v) is 6.15. The van der Waals surface area contributed by atoms with Crippen LogP contribution < -0.4 is 17.2 Å². The van der Waals surface area contributed by atoms with Crippen LogP contribution >= 0.6 is 0 Å². The summed E-state index contributed by atoms with van der Waals surface area (Å²) < 4.78 is 6.62. The number of nitrogens with two attached hydrogens (primary N) is 2. The smallest absolute Gasteiger partial charge is 0.408 e. The molecule has 3 aromatic rings. The van der Waals surface area contributed by atoms with Crippen molar-refractivity contribution in [2.45, 2.75) is 6.54 Å². The normalized spacial score (nSPS) is 11.1. The molecule has 0 aliphatic rings. The number of anilines is 1. The van der Waals surface area contributed by atoms with E-state index in [0.29, 0.717) is 23.6 Å². The van der Waals surface area contributed by atoms with Crippen LogP contribution in [0, 0.1) is 0 Å². The second-order valence-corrected chi connectivity index (χ2v) is 4.55. The van der Waals surface area contributed by atoms with Gasteiger partial charge in [-0.2, -0.15) is 0 Å². The lowest BCUT2D eigenvalue weighted by Gasteiger charge is -2.05. The number of aryl methyl sites for hydroxylation is 1. The second-order valence-electron chi connectivity index (χ2n) is 4.55. The maximum atomic E-state index is 11.5. The highest BCUT2D eigenvalue weighted by Gasteiger charge is 2.09. The minimum Gasteiger partial charge on any atom is -0.408 e. The standard InChI is InChI=1S/C14H14N4O2/c1-18-11-5-3-8(6-12(11)20-14(18)19)10-4-2-9(7-15)13(16)17-10/h2-6H,7,15H2,1H3,(H2,16,17). The molecule has 4 N–H and O–H groups in total. The summed E-state index contributed by atoms with van der Waals surface area (Å²) in [5, 5.41) is 0. The Labute approximate surface area is 114 Å². The molecular formula is C14H14N4O2. The molecule has 6 heteroatoms. The predicted octanol–water partition coefficient (Wildman–Crippen LogP) is 1.23. The van der Waals surface area contributed by atoms with Gasteiger partial charge >= 0.3 is 5.76 Å². The van der Waals surface area contributed by atoms with Crippen molar-refractivity contribution in [2.75, 3.05) is 5.73 Å². The zero-order chi connectivity index (χ0) is 14.3. The fourth-order valence-electron chi connectivity index (χ4n) is 2.13. The third kappa shape index (κ3) is 1.86. The highest BCUT2D eigenvalue weighted by atomic mass is 16.4. The van der Waals surface area contributed by atoms with Crippen molar-refractivity contribution in [1.29, 1.82) is 0 Å². The maximum Gasteiger partial charge on any atom is 0.419 e. The molecule has 6 nitrogen and oxygen atoms in total. The average Bonchev–Trinajstić information content (AvgIpc) is 2.73. The van der Waals surface area contributed by atoms with Crippen LogP contribution in [0.4, 0.5) is 5.82 Å². The molecule has 0 radical (unpaired) electrons. The molecule has 0 bridgehead atoms. The summed E-state index contributed by atoms with van der Waals surface area (Å²) in [6.45, 7) is 0.353. The minimum atomic E-state index is -0.386. The Morgan fingerprint density at radius 2 is 2.10 bits per heavy atom. The van der Waals surface area contributed by atoms with E-state index in [0.717, 1.165) is 16.6 Å². The van der Waals surface area contributed by atoms with E-state index in [-0.39, 0.29) is 5.76 Å². The van der Waals surface area contributed by atoms with Crippen molar-refractivity contribution in [3.8, 4) is 11.3 Å². The van der Waals surface area contributed by atoms with E-state index >= 15 is 0 Å². The molecule has 0 fully saturated rings. The zero-order valence-electron chi connectivity index (χ0n) is 11.0. The lowest BCUT2D eigenvalue weighted by molar-refractivity contribution is 0.528. The van der Waals surface area contributed by atoms with E-state index in [1.807, 2.05) is 24.3 Å². The zero-order valence-corrected chi connectivity index (χ0v) is 11.0. The molecule has 0 spiro atoms. The van der Waals surface area contributed by atoms with Gasteiger partial charge in [-0.3, -0.25) is 4.57 Å². The summed E-state index contributed by atoms with van der Waals surface area (Å²) in [6.07, 6.45) is 0. The van der Waals surface area contributed by atoms with E-state index in [1.165, 1.54) is 4.57 Å². The van der Waals surface area contributed by atoms with Gasteiger partial charge in [-0.15, -0.1) is 0 Å². The van der Waals surface area contributed by atoms with Crippen molar-refractivity contribution in [1.82, 2.24) is 9.55 Å². The molecule has 2 heterocycles. The fourth-order valence-corrected chi connectivity index (χ4v) is 2.13. The highest BCUT2D eigenvalue weighted by Crippen LogP contribution is 2.24. The molecule has 2 aromatic heterocycles. The average molecular weight is 270 g/mol. The van der Waals surface area contributed by atoms with Crippen LogP contribution in [0.1, 0.15) is 5.56 Å². The molecule has 0 atom stereocenters. The first kappa shape index (κ1) is 12.4. The number of oxazole rings is 1. The van der Waals surface area contributed by atoms with Gasteiger partial charge in [-0.1, -0.05) is 12.1 Å². The van der Waals surface area contributed by atoms with Crippen molar-refractivity contribution >= 4 is 16.9 Å². The summed E-state index contributed by atoms with van der Waals surface area (Å²) in [6, 6.07) is 9.18. The molecule has 0 aliphatic heterocycles. The third-order valence-electron chi connectivity index (χ3n) is 3.32. The van der Waals surface area contributed by atoms with Gasteiger partial charge in [0.05, 0.1) is 11.2 Å². The Kier molecular flexibility index (Phi) is 2.80. The molecule has 0 amide bonds. The van der Waals surface area contributed by atoms with Crippen LogP contribution in [0.25, 0.3) is 22.4 Å². The third-order valence-corrected chi connectivity index (χ3v) is 3.32. The number of aromatic nitrogens is 2. The fraction of sp³-hybridized carbons (Fsp3) is 0.143. The lowest BCUT2D eigenvalue weighted by Crippen LogP contribution is -2.08. The van der Waals surface area contributed by atoms with Crippen molar-refractivity contribution in [3.63, 3.8) is 0 Å². The molecule has 0 saturated carbocycles. The Morgan fingerprint density at radius 3 is 2.80 bits per heavy atom. The molecule has 20 heavy (non-hydrogen) atoms. The largest absolute Gasteiger partial charge is 0.419 e. The monoisotopic (exact) mass is 270 g/mol. The van der Waals surface area contributed by atoms with E-state index < -0.39 is 0 Å². The van der Waals surface area contributed by atoms with Crippen molar-refractivity contribution in [2.24, 2.45) is 12.8 Å². The Morgan fingerprint density at radius 1 is 1.30 bits per heavy atom. The van der Waals surface area contributed by atoms with Gasteiger partial charge in [-0.25, -0.2) is 9.78 Å². The summed E-state index contributed by atoms with van der Waals surface area (Å²) in [4.78, 5) is 15.8. The Bertz CT molecular complexity index is 848. The van der Waals surface area contributed by atoms with Gasteiger partial charge in [0.15, 0.2) is 5.58 Å². The van der Waals surface area contributed by atoms with Gasteiger partial charge in [-0.05, 0) is 18.2 Å². The van der Waals surface area contributed by atoms with E-state index in [4.69, 9.17) is 15.9 Å². The minimum absolute atomic E-state index is 0.353. The number of nitrogens with zero attached hydrogens (tertiary/aromatic N) is 2. The Hall–Kier alpha value is -2.60. The van der Waals surface area contributed by atoms with Crippen LogP contribution in [-0.4, -0.2) is 9.55 Å². The quantitative estimate of drug-likeness (QED) is 0.729. The van der Waals surface area contributed by atoms with Gasteiger partial charge in [0.1, 0.15) is 5.82 Å². The van der Waals surface area contributed by atoms with E-state index in [1.54, 1.807) is 13.1 Å². The number of nitrogen functional groups attached to an aromatic ring is 1. The van der Waals surface area contributed by atoms with Gasteiger partial charge in [0, 0.05) is 24.7 Å². The SMILES string of the molecule is Cn1c(=O)oc2cc(-c3ccc(CN)c(N)n3)ccc21. The molecule has 0 unspecified atom stereocenters. The molecule has 0 saturated heterocycles. The number of hydrogen-bond donors (Lipinski definition) is 2. The number of hydrogen-bond acceptors (Lipinski definition) is 5. The predicted molar refractivity (Wildman–Crippen MR) is 77.0 cm³/mol. The number of pyridine rings is 1. The lowest BCUT2D eigenvalue weighted by atomic mass is 10.1. The molecule has 3 rings (SSSR count). The Balaban J connectivity index is 2.14. The van der Waals surface area contributed by atoms with Crippen LogP contribution in [0.3, 0.4) is 0 Å². The summed E-state index contributed by atoms with van der Waals surface area (Å²) in [5.74, 6) is 0.0303. The van der Waals surface area contributed by atoms with E-state index in [9.17, 15) is 4.79 Å². The van der Waals surface area contributed by atoms with Crippen LogP contribution in [0.15, 0.2) is 39.5 Å². The first-order valence-electron chi connectivity index (χ1n) is 6.15. The second kappa shape index (κ2) is 4.50. The number of fused-ring (bicyclic) bond motifs is 1. The van der Waals surface area contributed by atoms with Gasteiger partial charge in [0.2, 0.25) is 0 Å². The summed E-state index contributed by atoms with van der Waals surface area (Å²) in [5.41, 5.74) is 15.0.